The maximum absolute atomic E-state index is 13.4. The molecule has 0 atom stereocenters. The van der Waals surface area contributed by atoms with Crippen LogP contribution in [0.5, 0.6) is 0 Å². The lowest BCUT2D eigenvalue weighted by Gasteiger charge is -2.47. The van der Waals surface area contributed by atoms with Crippen LogP contribution in [0.15, 0.2) is 47.4 Å². The van der Waals surface area contributed by atoms with Crippen LogP contribution in [-0.4, -0.2) is 49.5 Å². The lowest BCUT2D eigenvalue weighted by molar-refractivity contribution is -0.00776. The Balaban J connectivity index is 1.68. The maximum atomic E-state index is 13.4. The highest BCUT2D eigenvalue weighted by Gasteiger charge is 2.45. The number of benzene rings is 2. The van der Waals surface area contributed by atoms with Crippen molar-refractivity contribution in [2.45, 2.75) is 50.7 Å². The lowest BCUT2D eigenvalue weighted by atomic mass is 9.94. The molecule has 0 spiro atoms. The summed E-state index contributed by atoms with van der Waals surface area (Å²) in [6.45, 7) is 8.86. The third-order valence-corrected chi connectivity index (χ3v) is 6.57. The van der Waals surface area contributed by atoms with E-state index in [0.29, 0.717) is 11.3 Å². The average Bonchev–Trinajstić information content (AvgIpc) is 2.67. The Labute approximate surface area is 193 Å². The molecule has 1 fully saturated rings. The van der Waals surface area contributed by atoms with Crippen molar-refractivity contribution < 1.29 is 27.1 Å². The minimum atomic E-state index is -3.96. The zero-order chi connectivity index (χ0) is 24.6. The Bertz CT molecular complexity index is 1180. The van der Waals surface area contributed by atoms with E-state index >= 15 is 0 Å². The minimum absolute atomic E-state index is 0.0811. The second kappa shape index (κ2) is 8.75. The summed E-state index contributed by atoms with van der Waals surface area (Å²) in [5.41, 5.74) is -0.596. The van der Waals surface area contributed by atoms with Crippen molar-refractivity contribution >= 4 is 27.7 Å². The Kier molecular flexibility index (Phi) is 6.54. The van der Waals surface area contributed by atoms with Crippen molar-refractivity contribution in [1.82, 2.24) is 9.62 Å². The molecule has 2 aromatic carbocycles. The molecule has 2 amide bonds. The van der Waals surface area contributed by atoms with Gasteiger partial charge in [0.25, 0.3) is 5.91 Å². The quantitative estimate of drug-likeness (QED) is 0.684. The van der Waals surface area contributed by atoms with E-state index in [4.69, 9.17) is 4.74 Å². The zero-order valence-electron chi connectivity index (χ0n) is 19.2. The van der Waals surface area contributed by atoms with Crippen LogP contribution in [0.3, 0.4) is 0 Å². The van der Waals surface area contributed by atoms with Gasteiger partial charge in [-0.05, 0) is 76.6 Å². The Morgan fingerprint density at radius 2 is 1.79 bits per heavy atom. The predicted molar refractivity (Wildman–Crippen MR) is 122 cm³/mol. The van der Waals surface area contributed by atoms with Crippen molar-refractivity contribution in [2.24, 2.45) is 0 Å². The largest absolute Gasteiger partial charge is 0.444 e. The van der Waals surface area contributed by atoms with Crippen molar-refractivity contribution in [3.63, 3.8) is 0 Å². The molecular weight excluding hydrogens is 449 g/mol. The van der Waals surface area contributed by atoms with Crippen LogP contribution in [0, 0.1) is 12.7 Å². The number of nitrogens with zero attached hydrogens (tertiary/aromatic N) is 1. The standard InChI is InChI=1S/C23H28FN3O5S/c1-15-11-17(9-10-19(15)24)25-20(28)16-7-6-8-18(12-16)33(30,31)26-23(5)13-27(14-23)21(29)32-22(2,3)4/h6-12,26H,13-14H2,1-5H3,(H,25,28). The van der Waals surface area contributed by atoms with Crippen LogP contribution in [0.4, 0.5) is 14.9 Å². The van der Waals surface area contributed by atoms with Gasteiger partial charge in [-0.25, -0.2) is 22.3 Å². The van der Waals surface area contributed by atoms with Gasteiger partial charge in [-0.3, -0.25) is 4.79 Å². The molecule has 178 valence electrons. The minimum Gasteiger partial charge on any atom is -0.444 e. The van der Waals surface area contributed by atoms with Gasteiger partial charge in [0.15, 0.2) is 0 Å². The van der Waals surface area contributed by atoms with Gasteiger partial charge in [-0.1, -0.05) is 6.07 Å². The van der Waals surface area contributed by atoms with Crippen molar-refractivity contribution in [1.29, 1.82) is 0 Å². The van der Waals surface area contributed by atoms with Gasteiger partial charge >= 0.3 is 6.09 Å². The summed E-state index contributed by atoms with van der Waals surface area (Å²) in [6.07, 6.45) is -0.506. The van der Waals surface area contributed by atoms with Crippen LogP contribution in [0.25, 0.3) is 0 Å². The number of likely N-dealkylation sites (tertiary alicyclic amines) is 1. The molecule has 33 heavy (non-hydrogen) atoms. The fourth-order valence-electron chi connectivity index (χ4n) is 3.43. The number of rotatable bonds is 5. The van der Waals surface area contributed by atoms with E-state index < -0.39 is 33.2 Å². The number of halogens is 1. The molecule has 0 bridgehead atoms. The second-order valence-corrected chi connectivity index (χ2v) is 11.1. The second-order valence-electron chi connectivity index (χ2n) is 9.45. The van der Waals surface area contributed by atoms with Crippen LogP contribution in [-0.2, 0) is 14.8 Å². The summed E-state index contributed by atoms with van der Waals surface area (Å²) < 4.78 is 47.2. The van der Waals surface area contributed by atoms with Gasteiger partial charge in [-0.15, -0.1) is 0 Å². The van der Waals surface area contributed by atoms with Crippen molar-refractivity contribution in [2.75, 3.05) is 18.4 Å². The number of nitrogens with one attached hydrogen (secondary N) is 2. The van der Waals surface area contributed by atoms with E-state index in [1.54, 1.807) is 34.6 Å². The number of amides is 2. The molecule has 1 heterocycles. The highest BCUT2D eigenvalue weighted by molar-refractivity contribution is 7.89. The van der Waals surface area contributed by atoms with Crippen LogP contribution in [0.2, 0.25) is 0 Å². The molecule has 10 heteroatoms. The molecule has 0 aliphatic carbocycles. The number of hydrogen-bond donors (Lipinski definition) is 2. The summed E-state index contributed by atoms with van der Waals surface area (Å²) >= 11 is 0. The SMILES string of the molecule is Cc1cc(NC(=O)c2cccc(S(=O)(=O)NC3(C)CN(C(=O)OC(C)(C)C)C3)c2)ccc1F. The Morgan fingerprint density at radius 1 is 1.12 bits per heavy atom. The van der Waals surface area contributed by atoms with Gasteiger partial charge in [0.2, 0.25) is 10.0 Å². The monoisotopic (exact) mass is 477 g/mol. The number of anilines is 1. The molecule has 0 saturated carbocycles. The van der Waals surface area contributed by atoms with Crippen LogP contribution in [0.1, 0.15) is 43.6 Å². The molecule has 0 aromatic heterocycles. The fourth-order valence-corrected chi connectivity index (χ4v) is 4.87. The summed E-state index contributed by atoms with van der Waals surface area (Å²) in [7, 11) is -3.96. The van der Waals surface area contributed by atoms with E-state index in [1.165, 1.54) is 47.4 Å². The summed E-state index contributed by atoms with van der Waals surface area (Å²) in [4.78, 5) is 26.1. The first-order chi connectivity index (χ1) is 15.2. The van der Waals surface area contributed by atoms with Gasteiger partial charge in [0, 0.05) is 24.3 Å². The van der Waals surface area contributed by atoms with E-state index in [1.807, 2.05) is 0 Å². The third kappa shape index (κ3) is 6.08. The van der Waals surface area contributed by atoms with Crippen molar-refractivity contribution in [3.05, 3.63) is 59.4 Å². The molecule has 2 N–H and O–H groups in total. The normalized spacial score (nSPS) is 15.5. The Morgan fingerprint density at radius 3 is 2.39 bits per heavy atom. The molecule has 2 aromatic rings. The number of sulfonamides is 1. The number of ether oxygens (including phenoxy) is 1. The molecule has 0 unspecified atom stereocenters. The van der Waals surface area contributed by atoms with E-state index in [0.717, 1.165) is 0 Å². The highest BCUT2D eigenvalue weighted by Crippen LogP contribution is 2.26. The first-order valence-electron chi connectivity index (χ1n) is 10.4. The van der Waals surface area contributed by atoms with Gasteiger partial charge < -0.3 is 15.0 Å². The van der Waals surface area contributed by atoms with E-state index in [-0.39, 0.29) is 29.4 Å². The Hall–Kier alpha value is -2.98. The maximum Gasteiger partial charge on any atom is 0.410 e. The van der Waals surface area contributed by atoms with Crippen LogP contribution < -0.4 is 10.0 Å². The molecule has 8 nitrogen and oxygen atoms in total. The number of aryl methyl sites for hydroxylation is 1. The molecule has 1 aliphatic rings. The third-order valence-electron chi connectivity index (χ3n) is 4.93. The summed E-state index contributed by atoms with van der Waals surface area (Å²) in [5, 5.41) is 2.63. The highest BCUT2D eigenvalue weighted by atomic mass is 32.2. The van der Waals surface area contributed by atoms with Crippen LogP contribution >= 0.6 is 0 Å². The fraction of sp³-hybridized carbons (Fsp3) is 0.391. The van der Waals surface area contributed by atoms with Gasteiger partial charge in [0.1, 0.15) is 11.4 Å². The first-order valence-corrected chi connectivity index (χ1v) is 11.9. The predicted octanol–water partition coefficient (Wildman–Crippen LogP) is 3.67. The molecule has 1 saturated heterocycles. The van der Waals surface area contributed by atoms with Gasteiger partial charge in [0.05, 0.1) is 10.4 Å². The molecule has 3 rings (SSSR count). The van der Waals surface area contributed by atoms with Gasteiger partial charge in [-0.2, -0.15) is 0 Å². The zero-order valence-corrected chi connectivity index (χ0v) is 20.0. The topological polar surface area (TPSA) is 105 Å². The van der Waals surface area contributed by atoms with Crippen molar-refractivity contribution in [3.8, 4) is 0 Å². The molecular formula is C23H28FN3O5S. The van der Waals surface area contributed by atoms with E-state index in [9.17, 15) is 22.4 Å². The first kappa shape index (κ1) is 24.7. The molecule has 1 aliphatic heterocycles. The summed E-state index contributed by atoms with van der Waals surface area (Å²) in [5.74, 6) is -0.911. The summed E-state index contributed by atoms with van der Waals surface area (Å²) in [6, 6.07) is 9.77. The number of carbonyl (C=O) groups excluding carboxylic acids is 2. The average molecular weight is 478 g/mol. The van der Waals surface area contributed by atoms with E-state index in [2.05, 4.69) is 10.0 Å². The number of hydrogen-bond acceptors (Lipinski definition) is 5. The smallest absolute Gasteiger partial charge is 0.410 e. The lowest BCUT2D eigenvalue weighted by Crippen LogP contribution is -2.69. The number of carbonyl (C=O) groups is 2. The molecule has 0 radical (unpaired) electrons.